The third-order valence-electron chi connectivity index (χ3n) is 3.96. The highest BCUT2D eigenvalue weighted by atomic mass is 19.1. The molecule has 2 aromatic carbocycles. The molecule has 0 radical (unpaired) electrons. The molecule has 1 unspecified atom stereocenters. The Morgan fingerprint density at radius 1 is 1.00 bits per heavy atom. The van der Waals surface area contributed by atoms with E-state index in [2.05, 4.69) is 4.74 Å². The number of carboxylic acids is 2. The van der Waals surface area contributed by atoms with Crippen molar-refractivity contribution in [3.05, 3.63) is 59.9 Å². The van der Waals surface area contributed by atoms with Gasteiger partial charge < -0.3 is 20.1 Å². The van der Waals surface area contributed by atoms with Gasteiger partial charge in [0.2, 0.25) is 6.10 Å². The normalized spacial score (nSPS) is 14.0. The summed E-state index contributed by atoms with van der Waals surface area (Å²) in [6.07, 6.45) is -4.69. The van der Waals surface area contributed by atoms with Crippen molar-refractivity contribution in [3.8, 4) is 11.1 Å². The molecule has 0 fully saturated rings. The van der Waals surface area contributed by atoms with E-state index in [1.165, 1.54) is 19.1 Å². The second kappa shape index (κ2) is 8.41. The Balaban J connectivity index is 2.20. The smallest absolute Gasteiger partial charge is 0.348 e. The minimum absolute atomic E-state index is 0.214. The number of aliphatic carboxylic acids is 2. The van der Waals surface area contributed by atoms with Crippen molar-refractivity contribution in [2.75, 3.05) is 0 Å². The SMILES string of the molecule is CC(C(=O)O[C@H](C(=O)O)[C@H](O)C(=O)O)c1ccc(-c2ccccc2)c(F)c1. The minimum atomic E-state index is -2.42. The molecule has 0 amide bonds. The van der Waals surface area contributed by atoms with Crippen LogP contribution in [0.2, 0.25) is 0 Å². The largest absolute Gasteiger partial charge is 0.479 e. The zero-order chi connectivity index (χ0) is 20.1. The number of aliphatic hydroxyl groups excluding tert-OH is 1. The van der Waals surface area contributed by atoms with Crippen LogP contribution in [0.3, 0.4) is 0 Å². The van der Waals surface area contributed by atoms with Gasteiger partial charge in [0, 0.05) is 5.56 Å². The number of hydrogen-bond acceptors (Lipinski definition) is 5. The van der Waals surface area contributed by atoms with Gasteiger partial charge in [0.25, 0.3) is 0 Å². The Morgan fingerprint density at radius 3 is 2.15 bits per heavy atom. The van der Waals surface area contributed by atoms with E-state index in [9.17, 15) is 23.9 Å². The molecular weight excluding hydrogens is 359 g/mol. The van der Waals surface area contributed by atoms with Crippen LogP contribution in [0.4, 0.5) is 4.39 Å². The number of hydrogen-bond donors (Lipinski definition) is 3. The van der Waals surface area contributed by atoms with Crippen LogP contribution < -0.4 is 0 Å². The standard InChI is InChI=1S/C19H17FO7/c1-10(19(26)27-16(18(24)25)15(21)17(22)23)12-7-8-13(14(20)9-12)11-5-3-2-4-6-11/h2-10,15-16,21H,1H3,(H,22,23)(H,24,25)/t10?,15-,16-/m0/s1. The molecule has 0 spiro atoms. The van der Waals surface area contributed by atoms with Crippen LogP contribution in [0.25, 0.3) is 11.1 Å². The third-order valence-corrected chi connectivity index (χ3v) is 3.96. The molecule has 3 N–H and O–H groups in total. The molecule has 0 saturated heterocycles. The number of carbonyl (C=O) groups excluding carboxylic acids is 1. The van der Waals surface area contributed by atoms with Crippen molar-refractivity contribution >= 4 is 17.9 Å². The summed E-state index contributed by atoms with van der Waals surface area (Å²) in [4.78, 5) is 33.9. The number of halogens is 1. The predicted molar refractivity (Wildman–Crippen MR) is 91.4 cm³/mol. The average molecular weight is 376 g/mol. The maximum absolute atomic E-state index is 14.4. The lowest BCUT2D eigenvalue weighted by atomic mass is 9.97. The van der Waals surface area contributed by atoms with Crippen LogP contribution in [-0.4, -0.2) is 45.4 Å². The summed E-state index contributed by atoms with van der Waals surface area (Å²) in [7, 11) is 0. The van der Waals surface area contributed by atoms with E-state index in [0.29, 0.717) is 11.1 Å². The number of esters is 1. The molecule has 2 rings (SSSR count). The molecule has 8 heteroatoms. The monoisotopic (exact) mass is 376 g/mol. The van der Waals surface area contributed by atoms with E-state index in [-0.39, 0.29) is 5.56 Å². The van der Waals surface area contributed by atoms with Gasteiger partial charge in [0.05, 0.1) is 5.92 Å². The highest BCUT2D eigenvalue weighted by molar-refractivity contribution is 5.87. The first-order valence-electron chi connectivity index (χ1n) is 7.91. The van der Waals surface area contributed by atoms with Gasteiger partial charge in [-0.3, -0.25) is 4.79 Å². The molecule has 7 nitrogen and oxygen atoms in total. The Bertz CT molecular complexity index is 850. The van der Waals surface area contributed by atoms with Gasteiger partial charge in [-0.25, -0.2) is 14.0 Å². The molecule has 142 valence electrons. The van der Waals surface area contributed by atoms with Gasteiger partial charge in [0.15, 0.2) is 6.10 Å². The average Bonchev–Trinajstić information content (AvgIpc) is 2.65. The fourth-order valence-corrected chi connectivity index (χ4v) is 2.40. The van der Waals surface area contributed by atoms with Crippen LogP contribution in [0, 0.1) is 5.82 Å². The fourth-order valence-electron chi connectivity index (χ4n) is 2.40. The van der Waals surface area contributed by atoms with E-state index in [0.717, 1.165) is 6.07 Å². The van der Waals surface area contributed by atoms with Crippen molar-refractivity contribution in [2.45, 2.75) is 25.0 Å². The number of benzene rings is 2. The summed E-state index contributed by atoms with van der Waals surface area (Å²) in [5.74, 6) is -6.42. The summed E-state index contributed by atoms with van der Waals surface area (Å²) in [6.45, 7) is 1.35. The van der Waals surface area contributed by atoms with E-state index < -0.39 is 41.9 Å². The number of aliphatic hydroxyl groups is 1. The lowest BCUT2D eigenvalue weighted by Gasteiger charge is -2.19. The molecule has 0 aliphatic carbocycles. The Hall–Kier alpha value is -3.26. The van der Waals surface area contributed by atoms with Gasteiger partial charge in [-0.05, 0) is 24.1 Å². The Labute approximate surface area is 153 Å². The van der Waals surface area contributed by atoms with Crippen LogP contribution in [0.1, 0.15) is 18.4 Å². The molecule has 0 aliphatic heterocycles. The van der Waals surface area contributed by atoms with Gasteiger partial charge in [-0.2, -0.15) is 0 Å². The third kappa shape index (κ3) is 4.68. The molecule has 0 aromatic heterocycles. The highest BCUT2D eigenvalue weighted by Crippen LogP contribution is 2.27. The van der Waals surface area contributed by atoms with Crippen molar-refractivity contribution in [2.24, 2.45) is 0 Å². The zero-order valence-electron chi connectivity index (χ0n) is 14.2. The number of carboxylic acid groups (broad SMARTS) is 2. The first-order valence-corrected chi connectivity index (χ1v) is 7.91. The lowest BCUT2D eigenvalue weighted by molar-refractivity contribution is -0.179. The predicted octanol–water partition coefficient (Wildman–Crippen LogP) is 2.04. The van der Waals surface area contributed by atoms with Crippen LogP contribution in [0.15, 0.2) is 48.5 Å². The number of ether oxygens (including phenoxy) is 1. The summed E-state index contributed by atoms with van der Waals surface area (Å²) in [6, 6.07) is 12.8. The quantitative estimate of drug-likeness (QED) is 0.632. The van der Waals surface area contributed by atoms with E-state index >= 15 is 0 Å². The van der Waals surface area contributed by atoms with Crippen molar-refractivity contribution in [3.63, 3.8) is 0 Å². The Kier molecular flexibility index (Phi) is 6.25. The van der Waals surface area contributed by atoms with Crippen molar-refractivity contribution in [1.82, 2.24) is 0 Å². The molecule has 0 bridgehead atoms. The summed E-state index contributed by atoms with van der Waals surface area (Å²) in [5.41, 5.74) is 1.18. The number of rotatable bonds is 7. The van der Waals surface area contributed by atoms with Crippen LogP contribution in [0.5, 0.6) is 0 Å². The van der Waals surface area contributed by atoms with Crippen LogP contribution >= 0.6 is 0 Å². The molecular formula is C19H17FO7. The topological polar surface area (TPSA) is 121 Å². The minimum Gasteiger partial charge on any atom is -0.479 e. The second-order valence-corrected chi connectivity index (χ2v) is 5.81. The molecule has 0 heterocycles. The summed E-state index contributed by atoms with van der Waals surface area (Å²) < 4.78 is 19.0. The summed E-state index contributed by atoms with van der Waals surface area (Å²) >= 11 is 0. The fraction of sp³-hybridized carbons (Fsp3) is 0.211. The van der Waals surface area contributed by atoms with E-state index in [1.54, 1.807) is 30.3 Å². The number of carbonyl (C=O) groups is 3. The van der Waals surface area contributed by atoms with E-state index in [4.69, 9.17) is 10.2 Å². The summed E-state index contributed by atoms with van der Waals surface area (Å²) in [5, 5.41) is 27.0. The molecule has 3 atom stereocenters. The van der Waals surface area contributed by atoms with Gasteiger partial charge >= 0.3 is 17.9 Å². The lowest BCUT2D eigenvalue weighted by Crippen LogP contribution is -2.43. The second-order valence-electron chi connectivity index (χ2n) is 5.81. The zero-order valence-corrected chi connectivity index (χ0v) is 14.2. The molecule has 0 aliphatic rings. The van der Waals surface area contributed by atoms with Gasteiger partial charge in [0.1, 0.15) is 5.82 Å². The molecule has 2 aromatic rings. The van der Waals surface area contributed by atoms with E-state index in [1.807, 2.05) is 0 Å². The van der Waals surface area contributed by atoms with Gasteiger partial charge in [-0.15, -0.1) is 0 Å². The maximum atomic E-state index is 14.4. The van der Waals surface area contributed by atoms with Gasteiger partial charge in [-0.1, -0.05) is 42.5 Å². The first kappa shape index (κ1) is 20.1. The highest BCUT2D eigenvalue weighted by Gasteiger charge is 2.37. The van der Waals surface area contributed by atoms with Crippen LogP contribution in [-0.2, 0) is 19.1 Å². The molecule has 0 saturated carbocycles. The first-order chi connectivity index (χ1) is 12.7. The maximum Gasteiger partial charge on any atom is 0.348 e. The van der Waals surface area contributed by atoms with Crippen molar-refractivity contribution < 1.29 is 38.8 Å². The van der Waals surface area contributed by atoms with Crippen molar-refractivity contribution in [1.29, 1.82) is 0 Å². The Morgan fingerprint density at radius 2 is 1.63 bits per heavy atom. The molecule has 27 heavy (non-hydrogen) atoms.